The van der Waals surface area contributed by atoms with Gasteiger partial charge in [-0.2, -0.15) is 5.10 Å². The zero-order valence-electron chi connectivity index (χ0n) is 11.1. The van der Waals surface area contributed by atoms with Gasteiger partial charge in [0, 0.05) is 18.7 Å². The Balaban J connectivity index is 2.72. The molecule has 0 fully saturated rings. The van der Waals surface area contributed by atoms with Gasteiger partial charge in [0.2, 0.25) is 0 Å². The van der Waals surface area contributed by atoms with Crippen LogP contribution < -0.4 is 0 Å². The molecule has 2 unspecified atom stereocenters. The van der Waals surface area contributed by atoms with Gasteiger partial charge in [0.05, 0.1) is 11.8 Å². The van der Waals surface area contributed by atoms with E-state index in [2.05, 4.69) is 38.9 Å². The van der Waals surface area contributed by atoms with E-state index in [0.29, 0.717) is 18.3 Å². The van der Waals surface area contributed by atoms with Gasteiger partial charge in [-0.1, -0.05) is 20.8 Å². The summed E-state index contributed by atoms with van der Waals surface area (Å²) < 4.78 is 1.98. The Bertz CT molecular complexity index is 331. The van der Waals surface area contributed by atoms with Crippen molar-refractivity contribution in [1.29, 1.82) is 0 Å². The molecule has 0 bridgehead atoms. The normalized spacial score (nSPS) is 15.4. The van der Waals surface area contributed by atoms with Crippen molar-refractivity contribution < 1.29 is 5.11 Å². The van der Waals surface area contributed by atoms with Gasteiger partial charge in [0.25, 0.3) is 0 Å². The Morgan fingerprint density at radius 2 is 2.00 bits per heavy atom. The molecule has 1 aromatic rings. The molecule has 1 N–H and O–H groups in total. The monoisotopic (exact) mass is 224 g/mol. The Kier molecular flexibility index (Phi) is 4.54. The number of hydrogen-bond donors (Lipinski definition) is 1. The topological polar surface area (TPSA) is 38.0 Å². The van der Waals surface area contributed by atoms with Crippen LogP contribution in [0.15, 0.2) is 6.07 Å². The third kappa shape index (κ3) is 3.08. The van der Waals surface area contributed by atoms with Crippen LogP contribution in [0.2, 0.25) is 0 Å². The van der Waals surface area contributed by atoms with Gasteiger partial charge < -0.3 is 5.11 Å². The molecule has 0 saturated heterocycles. The average Bonchev–Trinajstić information content (AvgIpc) is 2.57. The lowest BCUT2D eigenvalue weighted by Gasteiger charge is -2.22. The predicted molar refractivity (Wildman–Crippen MR) is 66.4 cm³/mol. The van der Waals surface area contributed by atoms with Crippen molar-refractivity contribution in [2.45, 2.75) is 53.7 Å². The molecule has 1 rings (SSSR count). The quantitative estimate of drug-likeness (QED) is 0.834. The van der Waals surface area contributed by atoms with Crippen LogP contribution in [0.1, 0.15) is 39.1 Å². The summed E-state index contributed by atoms with van der Waals surface area (Å²) in [5, 5.41) is 14.5. The van der Waals surface area contributed by atoms with E-state index in [-0.39, 0.29) is 6.10 Å². The maximum atomic E-state index is 10.1. The SMILES string of the molecule is CCn1nc(C)cc1CC(O)C(C)C(C)C. The van der Waals surface area contributed by atoms with Crippen molar-refractivity contribution in [3.05, 3.63) is 17.5 Å². The summed E-state index contributed by atoms with van der Waals surface area (Å²) in [6.07, 6.45) is 0.426. The molecule has 0 saturated carbocycles. The van der Waals surface area contributed by atoms with E-state index in [4.69, 9.17) is 0 Å². The van der Waals surface area contributed by atoms with Crippen LogP contribution in [0.3, 0.4) is 0 Å². The highest BCUT2D eigenvalue weighted by molar-refractivity contribution is 5.10. The molecule has 0 radical (unpaired) electrons. The van der Waals surface area contributed by atoms with E-state index in [1.807, 2.05) is 11.6 Å². The highest BCUT2D eigenvalue weighted by atomic mass is 16.3. The van der Waals surface area contributed by atoms with Crippen molar-refractivity contribution in [3.63, 3.8) is 0 Å². The van der Waals surface area contributed by atoms with Gasteiger partial charge in [-0.25, -0.2) is 0 Å². The molecule has 3 nitrogen and oxygen atoms in total. The fourth-order valence-corrected chi connectivity index (χ4v) is 1.88. The maximum Gasteiger partial charge on any atom is 0.0623 e. The van der Waals surface area contributed by atoms with E-state index in [9.17, 15) is 5.11 Å². The van der Waals surface area contributed by atoms with Crippen molar-refractivity contribution in [3.8, 4) is 0 Å². The lowest BCUT2D eigenvalue weighted by atomic mass is 9.90. The molecular weight excluding hydrogens is 200 g/mol. The number of aryl methyl sites for hydroxylation is 2. The Morgan fingerprint density at radius 3 is 2.50 bits per heavy atom. The van der Waals surface area contributed by atoms with E-state index < -0.39 is 0 Å². The van der Waals surface area contributed by atoms with Gasteiger partial charge in [0.1, 0.15) is 0 Å². The summed E-state index contributed by atoms with van der Waals surface area (Å²) in [4.78, 5) is 0. The van der Waals surface area contributed by atoms with E-state index in [1.54, 1.807) is 0 Å². The van der Waals surface area contributed by atoms with Crippen LogP contribution in [-0.2, 0) is 13.0 Å². The van der Waals surface area contributed by atoms with Crippen molar-refractivity contribution in [2.75, 3.05) is 0 Å². The largest absolute Gasteiger partial charge is 0.392 e. The van der Waals surface area contributed by atoms with Crippen LogP contribution in [-0.4, -0.2) is 21.0 Å². The van der Waals surface area contributed by atoms with Gasteiger partial charge in [-0.05, 0) is 31.7 Å². The number of aromatic nitrogens is 2. The smallest absolute Gasteiger partial charge is 0.0623 e. The average molecular weight is 224 g/mol. The molecule has 0 amide bonds. The van der Waals surface area contributed by atoms with Crippen LogP contribution in [0.5, 0.6) is 0 Å². The molecule has 92 valence electrons. The second-order valence-electron chi connectivity index (χ2n) is 4.97. The summed E-state index contributed by atoms with van der Waals surface area (Å²) >= 11 is 0. The lowest BCUT2D eigenvalue weighted by molar-refractivity contribution is 0.0902. The predicted octanol–water partition coefficient (Wildman–Crippen LogP) is 2.41. The zero-order valence-corrected chi connectivity index (χ0v) is 11.1. The number of aliphatic hydroxyl groups is 1. The summed E-state index contributed by atoms with van der Waals surface area (Å²) in [5.74, 6) is 0.828. The maximum absolute atomic E-state index is 10.1. The third-order valence-corrected chi connectivity index (χ3v) is 3.36. The van der Waals surface area contributed by atoms with Crippen molar-refractivity contribution >= 4 is 0 Å². The summed E-state index contributed by atoms with van der Waals surface area (Å²) in [6, 6.07) is 2.07. The summed E-state index contributed by atoms with van der Waals surface area (Å²) in [5.41, 5.74) is 2.17. The van der Waals surface area contributed by atoms with E-state index in [1.165, 1.54) is 0 Å². The van der Waals surface area contributed by atoms with Crippen LogP contribution in [0, 0.1) is 18.8 Å². The molecular formula is C13H24N2O. The molecule has 3 heteroatoms. The fourth-order valence-electron chi connectivity index (χ4n) is 1.88. The van der Waals surface area contributed by atoms with Crippen LogP contribution >= 0.6 is 0 Å². The molecule has 0 aliphatic carbocycles. The number of nitrogens with zero attached hydrogens (tertiary/aromatic N) is 2. The molecule has 0 aromatic carbocycles. The Morgan fingerprint density at radius 1 is 1.38 bits per heavy atom. The highest BCUT2D eigenvalue weighted by Gasteiger charge is 2.19. The molecule has 0 aliphatic rings. The third-order valence-electron chi connectivity index (χ3n) is 3.36. The first-order chi connectivity index (χ1) is 7.45. The first-order valence-corrected chi connectivity index (χ1v) is 6.17. The molecule has 1 heterocycles. The van der Waals surface area contributed by atoms with Crippen molar-refractivity contribution in [2.24, 2.45) is 11.8 Å². The van der Waals surface area contributed by atoms with Gasteiger partial charge in [0.15, 0.2) is 0 Å². The van der Waals surface area contributed by atoms with Gasteiger partial charge in [-0.15, -0.1) is 0 Å². The molecule has 0 spiro atoms. The van der Waals surface area contributed by atoms with Crippen molar-refractivity contribution in [1.82, 2.24) is 9.78 Å². The number of rotatable bonds is 5. The Hall–Kier alpha value is -0.830. The fraction of sp³-hybridized carbons (Fsp3) is 0.769. The minimum atomic E-state index is -0.276. The first-order valence-electron chi connectivity index (χ1n) is 6.17. The number of aliphatic hydroxyl groups excluding tert-OH is 1. The minimum Gasteiger partial charge on any atom is -0.392 e. The standard InChI is InChI=1S/C13H24N2O/c1-6-15-12(7-10(4)14-15)8-13(16)11(5)9(2)3/h7,9,11,13,16H,6,8H2,1-5H3. The van der Waals surface area contributed by atoms with Crippen LogP contribution in [0.4, 0.5) is 0 Å². The van der Waals surface area contributed by atoms with Gasteiger partial charge in [-0.3, -0.25) is 4.68 Å². The Labute approximate surface area is 98.5 Å². The molecule has 1 aromatic heterocycles. The molecule has 16 heavy (non-hydrogen) atoms. The van der Waals surface area contributed by atoms with Gasteiger partial charge >= 0.3 is 0 Å². The second kappa shape index (κ2) is 5.48. The van der Waals surface area contributed by atoms with E-state index in [0.717, 1.165) is 17.9 Å². The minimum absolute atomic E-state index is 0.276. The molecule has 2 atom stereocenters. The van der Waals surface area contributed by atoms with Crippen LogP contribution in [0.25, 0.3) is 0 Å². The summed E-state index contributed by atoms with van der Waals surface area (Å²) in [7, 11) is 0. The molecule has 0 aliphatic heterocycles. The highest BCUT2D eigenvalue weighted by Crippen LogP contribution is 2.18. The number of hydrogen-bond acceptors (Lipinski definition) is 2. The van der Waals surface area contributed by atoms with E-state index >= 15 is 0 Å². The summed E-state index contributed by atoms with van der Waals surface area (Å²) in [6.45, 7) is 11.3. The zero-order chi connectivity index (χ0) is 12.3. The lowest BCUT2D eigenvalue weighted by Crippen LogP contribution is -2.25. The second-order valence-corrected chi connectivity index (χ2v) is 4.97. The first kappa shape index (κ1) is 13.2.